The minimum atomic E-state index is -0.852. The van der Waals surface area contributed by atoms with Crippen molar-refractivity contribution in [3.05, 3.63) is 36.1 Å². The van der Waals surface area contributed by atoms with E-state index < -0.39 is 6.29 Å². The van der Waals surface area contributed by atoms with Gasteiger partial charge in [-0.2, -0.15) is 0 Å². The number of fused-ring (bicyclic) bond motifs is 2. The standard InChI is InChI=1S/C11H8O3/c12-11-2-1-7-5-8-3-4-13-9(8)6-10(7)14-11/h1-6,11-12H. The van der Waals surface area contributed by atoms with Crippen LogP contribution in [0.5, 0.6) is 5.75 Å². The third-order valence-corrected chi connectivity index (χ3v) is 2.27. The first kappa shape index (κ1) is 7.64. The molecule has 0 fully saturated rings. The molecule has 1 aliphatic rings. The molecule has 3 nitrogen and oxygen atoms in total. The minimum Gasteiger partial charge on any atom is -0.464 e. The van der Waals surface area contributed by atoms with Crippen LogP contribution in [0.4, 0.5) is 0 Å². The Labute approximate surface area is 80.2 Å². The lowest BCUT2D eigenvalue weighted by molar-refractivity contribution is 0.0232. The number of hydrogen-bond donors (Lipinski definition) is 1. The second-order valence-electron chi connectivity index (χ2n) is 3.22. The summed E-state index contributed by atoms with van der Waals surface area (Å²) in [5.74, 6) is 0.655. The fourth-order valence-electron chi connectivity index (χ4n) is 1.60. The van der Waals surface area contributed by atoms with E-state index in [0.29, 0.717) is 5.75 Å². The van der Waals surface area contributed by atoms with Crippen LogP contribution < -0.4 is 4.74 Å². The molecule has 1 unspecified atom stereocenters. The molecule has 1 aromatic heterocycles. The van der Waals surface area contributed by atoms with Crippen molar-refractivity contribution in [2.45, 2.75) is 6.29 Å². The number of rotatable bonds is 0. The van der Waals surface area contributed by atoms with E-state index in [2.05, 4.69) is 0 Å². The molecule has 0 aliphatic carbocycles. The van der Waals surface area contributed by atoms with Gasteiger partial charge in [0.15, 0.2) is 0 Å². The Morgan fingerprint density at radius 2 is 2.21 bits per heavy atom. The Bertz CT molecular complexity index is 510. The lowest BCUT2D eigenvalue weighted by Crippen LogP contribution is -2.15. The maximum Gasteiger partial charge on any atom is 0.217 e. The molecule has 1 aromatic carbocycles. The van der Waals surface area contributed by atoms with E-state index in [9.17, 15) is 5.11 Å². The van der Waals surface area contributed by atoms with Gasteiger partial charge in [0.2, 0.25) is 6.29 Å². The van der Waals surface area contributed by atoms with Crippen LogP contribution >= 0.6 is 0 Å². The smallest absolute Gasteiger partial charge is 0.217 e. The van der Waals surface area contributed by atoms with Crippen molar-refractivity contribution < 1.29 is 14.3 Å². The summed E-state index contributed by atoms with van der Waals surface area (Å²) >= 11 is 0. The van der Waals surface area contributed by atoms with Gasteiger partial charge in [0.25, 0.3) is 0 Å². The maximum atomic E-state index is 9.24. The van der Waals surface area contributed by atoms with Gasteiger partial charge in [-0.3, -0.25) is 0 Å². The topological polar surface area (TPSA) is 42.6 Å². The summed E-state index contributed by atoms with van der Waals surface area (Å²) in [6, 6.07) is 5.66. The molecule has 0 radical (unpaired) electrons. The first-order valence-electron chi connectivity index (χ1n) is 4.37. The number of aliphatic hydroxyl groups is 1. The normalized spacial score (nSPS) is 19.4. The van der Waals surface area contributed by atoms with Crippen LogP contribution in [0.1, 0.15) is 5.56 Å². The molecule has 3 heteroatoms. The Morgan fingerprint density at radius 3 is 3.14 bits per heavy atom. The molecule has 70 valence electrons. The highest BCUT2D eigenvalue weighted by molar-refractivity contribution is 5.83. The molecular formula is C11H8O3. The Balaban J connectivity index is 2.27. The third-order valence-electron chi connectivity index (χ3n) is 2.27. The molecule has 0 bridgehead atoms. The summed E-state index contributed by atoms with van der Waals surface area (Å²) in [7, 11) is 0. The molecule has 3 rings (SSSR count). The first-order chi connectivity index (χ1) is 6.83. The number of benzene rings is 1. The van der Waals surface area contributed by atoms with Gasteiger partial charge in [0.05, 0.1) is 6.26 Å². The SMILES string of the molecule is OC1C=Cc2cc3ccoc3cc2O1. The zero-order valence-electron chi connectivity index (χ0n) is 7.31. The predicted molar refractivity (Wildman–Crippen MR) is 51.9 cm³/mol. The molecule has 0 amide bonds. The highest BCUT2D eigenvalue weighted by Gasteiger charge is 2.13. The molecule has 0 spiro atoms. The first-order valence-corrected chi connectivity index (χ1v) is 4.37. The van der Waals surface area contributed by atoms with Crippen molar-refractivity contribution in [2.75, 3.05) is 0 Å². The zero-order chi connectivity index (χ0) is 9.54. The fraction of sp³-hybridized carbons (Fsp3) is 0.0909. The monoisotopic (exact) mass is 188 g/mol. The van der Waals surface area contributed by atoms with E-state index in [1.165, 1.54) is 0 Å². The van der Waals surface area contributed by atoms with Crippen LogP contribution in [0, 0.1) is 0 Å². The Hall–Kier alpha value is -1.74. The highest BCUT2D eigenvalue weighted by Crippen LogP contribution is 2.30. The van der Waals surface area contributed by atoms with Crippen LogP contribution in [0.2, 0.25) is 0 Å². The van der Waals surface area contributed by atoms with E-state index in [4.69, 9.17) is 9.15 Å². The van der Waals surface area contributed by atoms with E-state index >= 15 is 0 Å². The van der Waals surface area contributed by atoms with Crippen LogP contribution in [-0.4, -0.2) is 11.4 Å². The maximum absolute atomic E-state index is 9.24. The average Bonchev–Trinajstić information content (AvgIpc) is 2.61. The van der Waals surface area contributed by atoms with Crippen LogP contribution in [-0.2, 0) is 0 Å². The van der Waals surface area contributed by atoms with Crippen molar-refractivity contribution in [2.24, 2.45) is 0 Å². The number of hydrogen-bond acceptors (Lipinski definition) is 3. The fourth-order valence-corrected chi connectivity index (χ4v) is 1.60. The molecule has 2 heterocycles. The number of aliphatic hydroxyl groups excluding tert-OH is 1. The summed E-state index contributed by atoms with van der Waals surface area (Å²) in [4.78, 5) is 0. The van der Waals surface area contributed by atoms with Gasteiger partial charge in [0.1, 0.15) is 11.3 Å². The predicted octanol–water partition coefficient (Wildman–Crippen LogP) is 2.16. The van der Waals surface area contributed by atoms with Crippen molar-refractivity contribution in [3.8, 4) is 5.75 Å². The number of ether oxygens (including phenoxy) is 1. The molecule has 1 atom stereocenters. The van der Waals surface area contributed by atoms with Gasteiger partial charge >= 0.3 is 0 Å². The summed E-state index contributed by atoms with van der Waals surface area (Å²) < 4.78 is 10.5. The summed E-state index contributed by atoms with van der Waals surface area (Å²) in [5.41, 5.74) is 1.73. The van der Waals surface area contributed by atoms with E-state index in [-0.39, 0.29) is 0 Å². The van der Waals surface area contributed by atoms with Gasteiger partial charge in [-0.15, -0.1) is 0 Å². The Kier molecular flexibility index (Phi) is 1.43. The van der Waals surface area contributed by atoms with Gasteiger partial charge in [0, 0.05) is 17.0 Å². The second-order valence-corrected chi connectivity index (χ2v) is 3.22. The zero-order valence-corrected chi connectivity index (χ0v) is 7.31. The molecule has 0 saturated heterocycles. The third kappa shape index (κ3) is 1.03. The summed E-state index contributed by atoms with van der Waals surface area (Å²) in [5, 5.41) is 10.3. The minimum absolute atomic E-state index is 0.655. The van der Waals surface area contributed by atoms with Crippen molar-refractivity contribution in [3.63, 3.8) is 0 Å². The lowest BCUT2D eigenvalue weighted by atomic mass is 10.1. The van der Waals surface area contributed by atoms with E-state index in [1.807, 2.05) is 18.2 Å². The van der Waals surface area contributed by atoms with E-state index in [0.717, 1.165) is 16.5 Å². The molecular weight excluding hydrogens is 180 g/mol. The Morgan fingerprint density at radius 1 is 1.29 bits per heavy atom. The van der Waals surface area contributed by atoms with Gasteiger partial charge in [-0.1, -0.05) is 0 Å². The van der Waals surface area contributed by atoms with Crippen LogP contribution in [0.15, 0.2) is 35.0 Å². The summed E-state index contributed by atoms with van der Waals surface area (Å²) in [6.07, 6.45) is 4.23. The van der Waals surface area contributed by atoms with Crippen molar-refractivity contribution >= 4 is 17.0 Å². The molecule has 2 aromatic rings. The van der Waals surface area contributed by atoms with Crippen molar-refractivity contribution in [1.82, 2.24) is 0 Å². The molecule has 0 saturated carbocycles. The quantitative estimate of drug-likeness (QED) is 0.688. The van der Waals surface area contributed by atoms with Crippen molar-refractivity contribution in [1.29, 1.82) is 0 Å². The largest absolute Gasteiger partial charge is 0.464 e. The second kappa shape index (κ2) is 2.62. The van der Waals surface area contributed by atoms with Gasteiger partial charge in [-0.25, -0.2) is 0 Å². The highest BCUT2D eigenvalue weighted by atomic mass is 16.6. The number of furan rings is 1. The summed E-state index contributed by atoms with van der Waals surface area (Å²) in [6.45, 7) is 0. The average molecular weight is 188 g/mol. The van der Waals surface area contributed by atoms with E-state index in [1.54, 1.807) is 18.4 Å². The molecule has 1 aliphatic heterocycles. The van der Waals surface area contributed by atoms with Crippen LogP contribution in [0.25, 0.3) is 17.0 Å². The van der Waals surface area contributed by atoms with Gasteiger partial charge in [-0.05, 0) is 24.3 Å². The van der Waals surface area contributed by atoms with Gasteiger partial charge < -0.3 is 14.3 Å². The molecule has 14 heavy (non-hydrogen) atoms. The lowest BCUT2D eigenvalue weighted by Gasteiger charge is -2.16. The van der Waals surface area contributed by atoms with Crippen LogP contribution in [0.3, 0.4) is 0 Å². The molecule has 1 N–H and O–H groups in total.